The molecule has 0 radical (unpaired) electrons. The Labute approximate surface area is 189 Å². The number of hydrogen-bond donors (Lipinski definition) is 1. The molecule has 8 heteroatoms. The first-order valence-electron chi connectivity index (χ1n) is 11.1. The number of nitrogens with zero attached hydrogens (tertiary/aromatic N) is 3. The van der Waals surface area contributed by atoms with Gasteiger partial charge in [-0.3, -0.25) is 4.90 Å². The molecule has 0 spiro atoms. The molecule has 1 saturated carbocycles. The Bertz CT molecular complexity index is 924. The van der Waals surface area contributed by atoms with E-state index in [0.29, 0.717) is 18.1 Å². The summed E-state index contributed by atoms with van der Waals surface area (Å²) in [5, 5.41) is 12.0. The quantitative estimate of drug-likeness (QED) is 0.667. The van der Waals surface area contributed by atoms with Gasteiger partial charge < -0.3 is 24.1 Å². The largest absolute Gasteiger partial charge is 0.496 e. The van der Waals surface area contributed by atoms with Crippen LogP contribution >= 0.6 is 0 Å². The lowest BCUT2D eigenvalue weighted by Gasteiger charge is -2.53. The second-order valence-electron chi connectivity index (χ2n) is 8.70. The number of piperidine rings is 1. The fourth-order valence-corrected chi connectivity index (χ4v) is 5.44. The molecule has 8 nitrogen and oxygen atoms in total. The van der Waals surface area contributed by atoms with Crippen LogP contribution in [0, 0.1) is 11.8 Å². The van der Waals surface area contributed by atoms with Crippen LogP contribution in [0.1, 0.15) is 36.0 Å². The first-order valence-corrected chi connectivity index (χ1v) is 11.1. The first-order chi connectivity index (χ1) is 15.5. The molecule has 2 bridgehead atoms. The summed E-state index contributed by atoms with van der Waals surface area (Å²) < 4.78 is 21.6. The Morgan fingerprint density at radius 3 is 2.44 bits per heavy atom. The number of ether oxygens (including phenoxy) is 4. The molecule has 1 saturated heterocycles. The number of aliphatic hydroxyl groups is 1. The SMILES string of the molecule is COCc1ccc(OC)c(CN2C[C@H]3CCC[C@H](C2)C3(O)c2cnc(OC)nc2OC)c1. The van der Waals surface area contributed by atoms with Crippen molar-refractivity contribution in [2.75, 3.05) is 41.5 Å². The summed E-state index contributed by atoms with van der Waals surface area (Å²) in [6.07, 6.45) is 4.67. The summed E-state index contributed by atoms with van der Waals surface area (Å²) in [7, 11) is 6.49. The van der Waals surface area contributed by atoms with Gasteiger partial charge in [0.1, 0.15) is 11.4 Å². The van der Waals surface area contributed by atoms with Gasteiger partial charge in [0.25, 0.3) is 0 Å². The lowest BCUT2D eigenvalue weighted by Crippen LogP contribution is -2.58. The standard InChI is InChI=1S/C24H33N3O5/c1-29-15-16-8-9-21(30-2)17(10-16)12-27-13-18-6-5-7-19(14-27)24(18,28)20-11-25-23(32-4)26-22(20)31-3/h8-11,18-19,28H,5-7,12-15H2,1-4H3/t18-,19-/m1/s1. The average Bonchev–Trinajstić information content (AvgIpc) is 2.79. The molecule has 2 aliphatic rings. The summed E-state index contributed by atoms with van der Waals surface area (Å²) in [6.45, 7) is 2.89. The first kappa shape index (κ1) is 22.8. The minimum Gasteiger partial charge on any atom is -0.496 e. The van der Waals surface area contributed by atoms with Gasteiger partial charge in [-0.25, -0.2) is 4.98 Å². The van der Waals surface area contributed by atoms with Crippen molar-refractivity contribution in [3.05, 3.63) is 41.1 Å². The minimum absolute atomic E-state index is 0.0639. The molecule has 0 amide bonds. The smallest absolute Gasteiger partial charge is 0.319 e. The molecule has 4 rings (SSSR count). The van der Waals surface area contributed by atoms with E-state index in [1.807, 2.05) is 12.1 Å². The highest BCUT2D eigenvalue weighted by atomic mass is 16.5. The predicted molar refractivity (Wildman–Crippen MR) is 119 cm³/mol. The van der Waals surface area contributed by atoms with Crippen LogP contribution in [0.3, 0.4) is 0 Å². The Hall–Kier alpha value is -2.42. The van der Waals surface area contributed by atoms with Gasteiger partial charge in [0.05, 0.1) is 33.5 Å². The summed E-state index contributed by atoms with van der Waals surface area (Å²) in [5.74, 6) is 1.39. The van der Waals surface area contributed by atoms with Crippen molar-refractivity contribution in [1.29, 1.82) is 0 Å². The van der Waals surface area contributed by atoms with E-state index in [9.17, 15) is 5.11 Å². The molecular formula is C24H33N3O5. The van der Waals surface area contributed by atoms with Gasteiger partial charge in [0, 0.05) is 50.3 Å². The molecule has 1 aliphatic heterocycles. The number of rotatable bonds is 8. The number of hydrogen-bond acceptors (Lipinski definition) is 8. The van der Waals surface area contributed by atoms with Crippen LogP contribution in [-0.4, -0.2) is 61.5 Å². The third kappa shape index (κ3) is 4.14. The molecule has 2 fully saturated rings. The Morgan fingerprint density at radius 1 is 1.06 bits per heavy atom. The van der Waals surface area contributed by atoms with Crippen LogP contribution < -0.4 is 14.2 Å². The lowest BCUT2D eigenvalue weighted by molar-refractivity contribution is -0.149. The zero-order valence-corrected chi connectivity index (χ0v) is 19.3. The van der Waals surface area contributed by atoms with Crippen LogP contribution in [0.4, 0.5) is 0 Å². The van der Waals surface area contributed by atoms with E-state index in [0.717, 1.165) is 55.8 Å². The minimum atomic E-state index is -1.02. The normalized spacial score (nSPS) is 25.4. The zero-order valence-electron chi connectivity index (χ0n) is 19.3. The molecule has 2 aromatic rings. The van der Waals surface area contributed by atoms with Crippen molar-refractivity contribution in [2.45, 2.75) is 38.0 Å². The van der Waals surface area contributed by atoms with Crippen LogP contribution in [-0.2, 0) is 23.5 Å². The van der Waals surface area contributed by atoms with Gasteiger partial charge in [-0.15, -0.1) is 0 Å². The maximum Gasteiger partial charge on any atom is 0.319 e. The monoisotopic (exact) mass is 443 g/mol. The molecule has 1 aromatic heterocycles. The van der Waals surface area contributed by atoms with E-state index in [-0.39, 0.29) is 17.8 Å². The van der Waals surface area contributed by atoms with Crippen LogP contribution in [0.25, 0.3) is 0 Å². The fourth-order valence-electron chi connectivity index (χ4n) is 5.44. The maximum absolute atomic E-state index is 12.0. The van der Waals surface area contributed by atoms with Gasteiger partial charge in [-0.2, -0.15) is 4.98 Å². The van der Waals surface area contributed by atoms with E-state index in [2.05, 4.69) is 20.9 Å². The number of methoxy groups -OCH3 is 4. The molecular weight excluding hydrogens is 410 g/mol. The number of benzene rings is 1. The number of fused-ring (bicyclic) bond motifs is 2. The summed E-state index contributed by atoms with van der Waals surface area (Å²) >= 11 is 0. The molecule has 0 unspecified atom stereocenters. The van der Waals surface area contributed by atoms with Crippen molar-refractivity contribution < 1.29 is 24.1 Å². The van der Waals surface area contributed by atoms with Crippen molar-refractivity contribution in [3.8, 4) is 17.6 Å². The molecule has 1 aliphatic carbocycles. The fraction of sp³-hybridized carbons (Fsp3) is 0.583. The van der Waals surface area contributed by atoms with E-state index >= 15 is 0 Å². The van der Waals surface area contributed by atoms with E-state index in [1.54, 1.807) is 27.5 Å². The average molecular weight is 444 g/mol. The van der Waals surface area contributed by atoms with Crippen molar-refractivity contribution >= 4 is 0 Å². The number of aromatic nitrogens is 2. The van der Waals surface area contributed by atoms with E-state index in [4.69, 9.17) is 18.9 Å². The molecule has 174 valence electrons. The molecule has 1 N–H and O–H groups in total. The maximum atomic E-state index is 12.0. The van der Waals surface area contributed by atoms with Crippen LogP contribution in [0.2, 0.25) is 0 Å². The topological polar surface area (TPSA) is 86.2 Å². The van der Waals surface area contributed by atoms with Gasteiger partial charge in [-0.1, -0.05) is 12.5 Å². The van der Waals surface area contributed by atoms with Gasteiger partial charge >= 0.3 is 6.01 Å². The van der Waals surface area contributed by atoms with E-state index in [1.165, 1.54) is 7.11 Å². The second-order valence-corrected chi connectivity index (χ2v) is 8.70. The highest BCUT2D eigenvalue weighted by Crippen LogP contribution is 2.51. The van der Waals surface area contributed by atoms with Gasteiger partial charge in [0.2, 0.25) is 5.88 Å². The summed E-state index contributed by atoms with van der Waals surface area (Å²) in [4.78, 5) is 11.0. The molecule has 2 atom stereocenters. The van der Waals surface area contributed by atoms with Crippen molar-refractivity contribution in [2.24, 2.45) is 11.8 Å². The third-order valence-corrected chi connectivity index (χ3v) is 6.90. The highest BCUT2D eigenvalue weighted by Gasteiger charge is 2.53. The Balaban J connectivity index is 1.60. The number of likely N-dealkylation sites (tertiary alicyclic amines) is 1. The van der Waals surface area contributed by atoms with Crippen molar-refractivity contribution in [3.63, 3.8) is 0 Å². The molecule has 32 heavy (non-hydrogen) atoms. The summed E-state index contributed by atoms with van der Waals surface area (Å²) in [6, 6.07) is 6.43. The molecule has 2 heterocycles. The Kier molecular flexibility index (Phi) is 6.83. The van der Waals surface area contributed by atoms with Crippen LogP contribution in [0.15, 0.2) is 24.4 Å². The highest BCUT2D eigenvalue weighted by molar-refractivity contribution is 5.38. The zero-order chi connectivity index (χ0) is 22.7. The second kappa shape index (κ2) is 9.60. The lowest BCUT2D eigenvalue weighted by atomic mass is 9.63. The predicted octanol–water partition coefficient (Wildman–Crippen LogP) is 2.77. The summed E-state index contributed by atoms with van der Waals surface area (Å²) in [5.41, 5.74) is 1.90. The Morgan fingerprint density at radius 2 is 1.81 bits per heavy atom. The van der Waals surface area contributed by atoms with Gasteiger partial charge in [0.15, 0.2) is 0 Å². The molecule has 1 aromatic carbocycles. The van der Waals surface area contributed by atoms with Crippen molar-refractivity contribution in [1.82, 2.24) is 14.9 Å². The van der Waals surface area contributed by atoms with Crippen LogP contribution in [0.5, 0.6) is 17.6 Å². The van der Waals surface area contributed by atoms with E-state index < -0.39 is 5.60 Å². The third-order valence-electron chi connectivity index (χ3n) is 6.90. The van der Waals surface area contributed by atoms with Gasteiger partial charge in [-0.05, 0) is 30.5 Å².